The van der Waals surface area contributed by atoms with E-state index >= 15 is 0 Å². The Balaban J connectivity index is 4.52. The average molecular weight is 223 g/mol. The van der Waals surface area contributed by atoms with E-state index in [1.165, 1.54) is 0 Å². The van der Waals surface area contributed by atoms with Crippen LogP contribution < -0.4 is 0 Å². The van der Waals surface area contributed by atoms with E-state index < -0.39 is 0 Å². The molecule has 0 N–H and O–H groups in total. The number of nitriles is 2. The van der Waals surface area contributed by atoms with Gasteiger partial charge in [0.25, 0.3) is 0 Å². The molecule has 0 aromatic carbocycles. The predicted molar refractivity (Wildman–Crippen MR) is 51.1 cm³/mol. The monoisotopic (exact) mass is 222 g/mol. The van der Waals surface area contributed by atoms with E-state index in [1.54, 1.807) is 19.1 Å². The van der Waals surface area contributed by atoms with Crippen LogP contribution in [0.1, 0.15) is 6.92 Å². The Kier molecular flexibility index (Phi) is 4.76. The predicted octanol–water partition coefficient (Wildman–Crippen LogP) is 2.81. The third kappa shape index (κ3) is 3.75. The zero-order chi connectivity index (χ0) is 9.56. The molecule has 0 aliphatic heterocycles. The largest absolute Gasteiger partial charge is 0.193 e. The number of allylic oxidation sites excluding steroid dienone is 5. The summed E-state index contributed by atoms with van der Waals surface area (Å²) >= 11 is 3.18. The third-order valence-electron chi connectivity index (χ3n) is 1.10. The lowest BCUT2D eigenvalue weighted by Gasteiger charge is -1.88. The zero-order valence-corrected chi connectivity index (χ0v) is 8.22. The summed E-state index contributed by atoms with van der Waals surface area (Å²) in [6.07, 6.45) is 3.18. The van der Waals surface area contributed by atoms with Gasteiger partial charge < -0.3 is 0 Å². The summed E-state index contributed by atoms with van der Waals surface area (Å²) in [5.74, 6) is 0. The smallest absolute Gasteiger partial charge is 0.0985 e. The van der Waals surface area contributed by atoms with Gasteiger partial charge >= 0.3 is 0 Å². The van der Waals surface area contributed by atoms with Crippen LogP contribution in [0.25, 0.3) is 0 Å². The van der Waals surface area contributed by atoms with Gasteiger partial charge in [0.1, 0.15) is 0 Å². The molecule has 0 radical (unpaired) electrons. The lowest BCUT2D eigenvalue weighted by Crippen LogP contribution is -1.73. The quantitative estimate of drug-likeness (QED) is 0.533. The average Bonchev–Trinajstić information content (AvgIpc) is 2.11. The van der Waals surface area contributed by atoms with E-state index in [0.717, 1.165) is 0 Å². The van der Waals surface area contributed by atoms with Gasteiger partial charge in [0, 0.05) is 15.6 Å². The van der Waals surface area contributed by atoms with Crippen molar-refractivity contribution < 1.29 is 0 Å². The van der Waals surface area contributed by atoms with E-state index in [9.17, 15) is 0 Å². The van der Waals surface area contributed by atoms with Crippen molar-refractivity contribution in [3.63, 3.8) is 0 Å². The van der Waals surface area contributed by atoms with Crippen molar-refractivity contribution in [2.24, 2.45) is 0 Å². The number of hydrogen-bond acceptors (Lipinski definition) is 2. The summed E-state index contributed by atoms with van der Waals surface area (Å²) in [6, 6.07) is 3.84. The summed E-state index contributed by atoms with van der Waals surface area (Å²) in [4.78, 5) is 0. The van der Waals surface area contributed by atoms with Crippen LogP contribution in [0.5, 0.6) is 0 Å². The minimum atomic E-state index is 0.359. The molecular formula is C9H7BrN2. The standard InChI is InChI=1S/C9H7BrN2/c1-7(5-11)3-4-9(10)8(2)6-12/h3-4H,1H2,2H3/b4-3-,9-8-. The maximum absolute atomic E-state index is 8.47. The highest BCUT2D eigenvalue weighted by atomic mass is 79.9. The molecule has 0 amide bonds. The van der Waals surface area contributed by atoms with E-state index in [4.69, 9.17) is 10.5 Å². The van der Waals surface area contributed by atoms with Crippen LogP contribution in [0.2, 0.25) is 0 Å². The van der Waals surface area contributed by atoms with E-state index in [0.29, 0.717) is 15.6 Å². The van der Waals surface area contributed by atoms with Crippen molar-refractivity contribution >= 4 is 15.9 Å². The van der Waals surface area contributed by atoms with Crippen LogP contribution in [-0.4, -0.2) is 0 Å². The molecule has 2 nitrogen and oxygen atoms in total. The summed E-state index contributed by atoms with van der Waals surface area (Å²) in [5.41, 5.74) is 0.926. The van der Waals surface area contributed by atoms with Crippen molar-refractivity contribution in [2.75, 3.05) is 0 Å². The highest BCUT2D eigenvalue weighted by Gasteiger charge is 1.91. The second-order valence-corrected chi connectivity index (χ2v) is 2.91. The topological polar surface area (TPSA) is 47.6 Å². The summed E-state index contributed by atoms with van der Waals surface area (Å²) in [6.45, 7) is 5.14. The first-order valence-electron chi connectivity index (χ1n) is 3.15. The molecule has 0 unspecified atom stereocenters. The Hall–Kier alpha value is -1.32. The molecule has 0 saturated heterocycles. The lowest BCUT2D eigenvalue weighted by atomic mass is 10.2. The molecule has 0 aliphatic carbocycles. The first-order valence-corrected chi connectivity index (χ1v) is 3.94. The number of halogens is 1. The second-order valence-electron chi connectivity index (χ2n) is 2.06. The Bertz CT molecular complexity index is 323. The fraction of sp³-hybridized carbons (Fsp3) is 0.111. The number of rotatable bonds is 2. The van der Waals surface area contributed by atoms with Gasteiger partial charge in [-0.25, -0.2) is 0 Å². The maximum Gasteiger partial charge on any atom is 0.0985 e. The van der Waals surface area contributed by atoms with Crippen molar-refractivity contribution in [3.05, 3.63) is 34.4 Å². The number of hydrogen-bond donors (Lipinski definition) is 0. The van der Waals surface area contributed by atoms with E-state index in [-0.39, 0.29) is 0 Å². The van der Waals surface area contributed by atoms with E-state index in [2.05, 4.69) is 22.5 Å². The highest BCUT2D eigenvalue weighted by molar-refractivity contribution is 9.11. The maximum atomic E-state index is 8.47. The fourth-order valence-electron chi connectivity index (χ4n) is 0.389. The molecule has 0 bridgehead atoms. The Labute approximate surface area is 80.2 Å². The van der Waals surface area contributed by atoms with Gasteiger partial charge in [-0.15, -0.1) is 0 Å². The first kappa shape index (κ1) is 10.7. The molecular weight excluding hydrogens is 216 g/mol. The van der Waals surface area contributed by atoms with Crippen molar-refractivity contribution in [2.45, 2.75) is 6.92 Å². The zero-order valence-electron chi connectivity index (χ0n) is 6.63. The SMILES string of the molecule is C=C(C#N)/C=C\C(Br)=C(/C)C#N. The summed E-state index contributed by atoms with van der Waals surface area (Å²) in [7, 11) is 0. The van der Waals surface area contributed by atoms with Crippen LogP contribution in [0.3, 0.4) is 0 Å². The normalized spacial score (nSPS) is 11.7. The van der Waals surface area contributed by atoms with Gasteiger partial charge in [-0.2, -0.15) is 10.5 Å². The van der Waals surface area contributed by atoms with Crippen LogP contribution in [0, 0.1) is 22.7 Å². The molecule has 0 rings (SSSR count). The van der Waals surface area contributed by atoms with Crippen molar-refractivity contribution in [1.29, 1.82) is 10.5 Å². The van der Waals surface area contributed by atoms with Crippen LogP contribution in [-0.2, 0) is 0 Å². The molecule has 0 spiro atoms. The molecule has 0 heterocycles. The third-order valence-corrected chi connectivity index (χ3v) is 1.96. The molecule has 0 aromatic heterocycles. The Morgan fingerprint density at radius 3 is 2.33 bits per heavy atom. The second kappa shape index (κ2) is 5.35. The van der Waals surface area contributed by atoms with Crippen LogP contribution >= 0.6 is 15.9 Å². The first-order chi connectivity index (χ1) is 5.61. The Morgan fingerprint density at radius 1 is 1.33 bits per heavy atom. The van der Waals surface area contributed by atoms with Gasteiger partial charge in [0.15, 0.2) is 0 Å². The van der Waals surface area contributed by atoms with Crippen LogP contribution in [0.15, 0.2) is 34.4 Å². The lowest BCUT2D eigenvalue weighted by molar-refractivity contribution is 1.44. The number of nitrogens with zero attached hydrogens (tertiary/aromatic N) is 2. The molecule has 60 valence electrons. The van der Waals surface area contributed by atoms with Gasteiger partial charge in [-0.3, -0.25) is 0 Å². The molecule has 0 aliphatic rings. The fourth-order valence-corrected chi connectivity index (χ4v) is 0.610. The van der Waals surface area contributed by atoms with Gasteiger partial charge in [0.05, 0.1) is 12.1 Å². The molecule has 0 saturated carbocycles. The highest BCUT2D eigenvalue weighted by Crippen LogP contribution is 2.13. The molecule has 12 heavy (non-hydrogen) atoms. The van der Waals surface area contributed by atoms with Crippen molar-refractivity contribution in [3.8, 4) is 12.1 Å². The van der Waals surface area contributed by atoms with Gasteiger partial charge in [-0.1, -0.05) is 6.58 Å². The minimum Gasteiger partial charge on any atom is -0.193 e. The van der Waals surface area contributed by atoms with E-state index in [1.807, 2.05) is 12.1 Å². The summed E-state index contributed by atoms with van der Waals surface area (Å²) in [5, 5.41) is 16.8. The molecule has 0 aromatic rings. The van der Waals surface area contributed by atoms with Crippen molar-refractivity contribution in [1.82, 2.24) is 0 Å². The van der Waals surface area contributed by atoms with Crippen LogP contribution in [0.4, 0.5) is 0 Å². The molecule has 0 atom stereocenters. The molecule has 3 heteroatoms. The van der Waals surface area contributed by atoms with Gasteiger partial charge in [-0.05, 0) is 35.0 Å². The van der Waals surface area contributed by atoms with Gasteiger partial charge in [0.2, 0.25) is 0 Å². The Morgan fingerprint density at radius 2 is 1.92 bits per heavy atom. The summed E-state index contributed by atoms with van der Waals surface area (Å²) < 4.78 is 0.668. The molecule has 0 fully saturated rings. The minimum absolute atomic E-state index is 0.359.